The number of rotatable bonds is 9. The molecule has 2 heterocycles. The van der Waals surface area contributed by atoms with Crippen molar-refractivity contribution in [1.29, 1.82) is 0 Å². The van der Waals surface area contributed by atoms with Gasteiger partial charge in [-0.2, -0.15) is 4.31 Å². The Bertz CT molecular complexity index is 702. The van der Waals surface area contributed by atoms with E-state index < -0.39 is 16.0 Å². The number of ether oxygens (including phenoxy) is 2. The summed E-state index contributed by atoms with van der Waals surface area (Å²) in [6.07, 6.45) is 5.58. The second-order valence-corrected chi connectivity index (χ2v) is 7.97. The number of pyridine rings is 1. The Morgan fingerprint density at radius 1 is 1.31 bits per heavy atom. The Hall–Kier alpha value is -1.71. The molecule has 0 saturated carbocycles. The molecule has 0 bridgehead atoms. The van der Waals surface area contributed by atoms with Crippen LogP contribution in [0.4, 0.5) is 5.82 Å². The number of hydrogen-bond donors (Lipinski definition) is 1. The number of nitrogens with one attached hydrogen (secondary N) is 1. The van der Waals surface area contributed by atoms with E-state index in [-0.39, 0.29) is 29.4 Å². The summed E-state index contributed by atoms with van der Waals surface area (Å²) in [7, 11) is -2.54. The first-order valence-corrected chi connectivity index (χ1v) is 10.3. The number of esters is 1. The van der Waals surface area contributed by atoms with Gasteiger partial charge in [-0.15, -0.1) is 0 Å². The fourth-order valence-electron chi connectivity index (χ4n) is 2.69. The Labute approximate surface area is 154 Å². The lowest BCUT2D eigenvalue weighted by Gasteiger charge is -2.27. The number of aromatic nitrogens is 1. The molecule has 146 valence electrons. The molecule has 1 aromatic heterocycles. The topological polar surface area (TPSA) is 97.8 Å². The van der Waals surface area contributed by atoms with Crippen LogP contribution in [0, 0.1) is 0 Å². The summed E-state index contributed by atoms with van der Waals surface area (Å²) in [5.74, 6) is -0.355. The summed E-state index contributed by atoms with van der Waals surface area (Å²) in [5.41, 5.74) is 0.107. The van der Waals surface area contributed by atoms with Crippen LogP contribution in [0.25, 0.3) is 0 Å². The quantitative estimate of drug-likeness (QED) is 0.512. The van der Waals surface area contributed by atoms with E-state index in [9.17, 15) is 13.2 Å². The molecule has 1 N–H and O–H groups in total. The Balaban J connectivity index is 2.27. The molecule has 0 atom stereocenters. The summed E-state index contributed by atoms with van der Waals surface area (Å²) < 4.78 is 37.4. The lowest BCUT2D eigenvalue weighted by molar-refractivity contribution is 0.0600. The SMILES string of the molecule is CCCCCCNc1ncc(C(=O)OC)cc1S(=O)(=O)N1CCOCC1. The third kappa shape index (κ3) is 5.15. The predicted molar refractivity (Wildman–Crippen MR) is 97.8 cm³/mol. The number of anilines is 1. The first-order valence-electron chi connectivity index (χ1n) is 8.90. The standard InChI is InChI=1S/C17H27N3O5S/c1-3-4-5-6-7-18-16-15(12-14(13-19-16)17(21)24-2)26(22,23)20-8-10-25-11-9-20/h12-13H,3-11H2,1-2H3,(H,18,19). The van der Waals surface area contributed by atoms with Gasteiger partial charge in [-0.05, 0) is 12.5 Å². The maximum Gasteiger partial charge on any atom is 0.339 e. The molecule has 26 heavy (non-hydrogen) atoms. The number of hydrogen-bond acceptors (Lipinski definition) is 7. The van der Waals surface area contributed by atoms with Gasteiger partial charge in [0, 0.05) is 25.8 Å². The van der Waals surface area contributed by atoms with E-state index in [0.717, 1.165) is 25.7 Å². The number of carbonyl (C=O) groups is 1. The molecule has 1 aromatic rings. The number of methoxy groups -OCH3 is 1. The van der Waals surface area contributed by atoms with Gasteiger partial charge in [-0.3, -0.25) is 0 Å². The zero-order valence-corrected chi connectivity index (χ0v) is 16.2. The van der Waals surface area contributed by atoms with Crippen LogP contribution in [0.3, 0.4) is 0 Å². The minimum Gasteiger partial charge on any atom is -0.465 e. The number of morpholine rings is 1. The monoisotopic (exact) mass is 385 g/mol. The molecule has 0 aliphatic carbocycles. The summed E-state index contributed by atoms with van der Waals surface area (Å²) >= 11 is 0. The van der Waals surface area contributed by atoms with Crippen molar-refractivity contribution in [3.63, 3.8) is 0 Å². The van der Waals surface area contributed by atoms with E-state index in [0.29, 0.717) is 19.8 Å². The molecule has 1 fully saturated rings. The van der Waals surface area contributed by atoms with E-state index in [1.54, 1.807) is 0 Å². The van der Waals surface area contributed by atoms with Crippen LogP contribution >= 0.6 is 0 Å². The molecular weight excluding hydrogens is 358 g/mol. The highest BCUT2D eigenvalue weighted by Crippen LogP contribution is 2.25. The van der Waals surface area contributed by atoms with Gasteiger partial charge in [0.1, 0.15) is 10.7 Å². The van der Waals surface area contributed by atoms with Crippen LogP contribution in [0.1, 0.15) is 43.0 Å². The van der Waals surface area contributed by atoms with Crippen molar-refractivity contribution >= 4 is 21.8 Å². The maximum absolute atomic E-state index is 13.0. The van der Waals surface area contributed by atoms with Crippen molar-refractivity contribution in [3.05, 3.63) is 17.8 Å². The summed E-state index contributed by atoms with van der Waals surface area (Å²) in [6, 6.07) is 1.33. The van der Waals surface area contributed by atoms with Crippen LogP contribution in [0.15, 0.2) is 17.2 Å². The van der Waals surface area contributed by atoms with Gasteiger partial charge < -0.3 is 14.8 Å². The van der Waals surface area contributed by atoms with Gasteiger partial charge in [-0.1, -0.05) is 26.2 Å². The molecule has 0 aromatic carbocycles. The van der Waals surface area contributed by atoms with Gasteiger partial charge in [-0.25, -0.2) is 18.2 Å². The normalized spacial score (nSPS) is 15.6. The van der Waals surface area contributed by atoms with Crippen LogP contribution in [-0.4, -0.2) is 63.6 Å². The Kier molecular flexibility index (Phi) is 7.80. The zero-order valence-electron chi connectivity index (χ0n) is 15.4. The average molecular weight is 385 g/mol. The van der Waals surface area contributed by atoms with Crippen molar-refractivity contribution in [1.82, 2.24) is 9.29 Å². The number of carbonyl (C=O) groups excluding carboxylic acids is 1. The second kappa shape index (κ2) is 9.84. The minimum absolute atomic E-state index is 0.00204. The second-order valence-electron chi connectivity index (χ2n) is 6.07. The molecule has 8 nitrogen and oxygen atoms in total. The van der Waals surface area contributed by atoms with Crippen molar-refractivity contribution in [3.8, 4) is 0 Å². The van der Waals surface area contributed by atoms with Crippen molar-refractivity contribution in [2.75, 3.05) is 45.3 Å². The van der Waals surface area contributed by atoms with Crippen molar-refractivity contribution < 1.29 is 22.7 Å². The smallest absolute Gasteiger partial charge is 0.339 e. The van der Waals surface area contributed by atoms with Crippen molar-refractivity contribution in [2.24, 2.45) is 0 Å². The van der Waals surface area contributed by atoms with Gasteiger partial charge in [0.15, 0.2) is 0 Å². The van der Waals surface area contributed by atoms with Crippen LogP contribution in [0.2, 0.25) is 0 Å². The summed E-state index contributed by atoms with van der Waals surface area (Å²) in [5, 5.41) is 3.10. The van der Waals surface area contributed by atoms with E-state index >= 15 is 0 Å². The molecule has 0 radical (unpaired) electrons. The Morgan fingerprint density at radius 2 is 2.04 bits per heavy atom. The molecular formula is C17H27N3O5S. The summed E-state index contributed by atoms with van der Waals surface area (Å²) in [4.78, 5) is 16.0. The highest BCUT2D eigenvalue weighted by atomic mass is 32.2. The predicted octanol–water partition coefficient (Wildman–Crippen LogP) is 1.88. The van der Waals surface area contributed by atoms with E-state index in [1.165, 1.54) is 23.7 Å². The van der Waals surface area contributed by atoms with Gasteiger partial charge in [0.05, 0.1) is 25.9 Å². The molecule has 9 heteroatoms. The maximum atomic E-state index is 13.0. The number of unbranched alkanes of at least 4 members (excludes halogenated alkanes) is 3. The lowest BCUT2D eigenvalue weighted by atomic mass is 10.2. The fraction of sp³-hybridized carbons (Fsp3) is 0.647. The van der Waals surface area contributed by atoms with Crippen LogP contribution in [0.5, 0.6) is 0 Å². The van der Waals surface area contributed by atoms with Gasteiger partial charge >= 0.3 is 5.97 Å². The molecule has 1 aliphatic heterocycles. The van der Waals surface area contributed by atoms with E-state index in [1.807, 2.05) is 0 Å². The van der Waals surface area contributed by atoms with Gasteiger partial charge in [0.2, 0.25) is 10.0 Å². The number of sulfonamides is 1. The molecule has 1 saturated heterocycles. The summed E-state index contributed by atoms with van der Waals surface area (Å²) in [6.45, 7) is 4.01. The van der Waals surface area contributed by atoms with Crippen LogP contribution in [-0.2, 0) is 19.5 Å². The van der Waals surface area contributed by atoms with Crippen LogP contribution < -0.4 is 5.32 Å². The highest BCUT2D eigenvalue weighted by molar-refractivity contribution is 7.89. The lowest BCUT2D eigenvalue weighted by Crippen LogP contribution is -2.41. The molecule has 0 amide bonds. The molecule has 0 spiro atoms. The highest BCUT2D eigenvalue weighted by Gasteiger charge is 2.30. The van der Waals surface area contributed by atoms with E-state index in [4.69, 9.17) is 4.74 Å². The average Bonchev–Trinajstić information content (AvgIpc) is 2.68. The molecule has 0 unspecified atom stereocenters. The minimum atomic E-state index is -3.78. The number of nitrogens with zero attached hydrogens (tertiary/aromatic N) is 2. The third-order valence-corrected chi connectivity index (χ3v) is 6.10. The third-order valence-electron chi connectivity index (χ3n) is 4.18. The first-order chi connectivity index (χ1) is 12.5. The first kappa shape index (κ1) is 20.6. The fourth-order valence-corrected chi connectivity index (χ4v) is 4.24. The van der Waals surface area contributed by atoms with Gasteiger partial charge in [0.25, 0.3) is 0 Å². The Morgan fingerprint density at radius 3 is 2.69 bits per heavy atom. The molecule has 1 aliphatic rings. The zero-order chi connectivity index (χ0) is 19.0. The largest absolute Gasteiger partial charge is 0.465 e. The van der Waals surface area contributed by atoms with Crippen molar-refractivity contribution in [2.45, 2.75) is 37.5 Å². The molecule has 2 rings (SSSR count). The van der Waals surface area contributed by atoms with E-state index in [2.05, 4.69) is 22.0 Å².